The van der Waals surface area contributed by atoms with Crippen molar-refractivity contribution in [2.45, 2.75) is 59.5 Å². The van der Waals surface area contributed by atoms with Crippen molar-refractivity contribution in [2.75, 3.05) is 0 Å². The fourth-order valence-electron chi connectivity index (χ4n) is 3.38. The third kappa shape index (κ3) is 2.78. The lowest BCUT2D eigenvalue weighted by atomic mass is 9.92. The van der Waals surface area contributed by atoms with Gasteiger partial charge in [0.25, 0.3) is 5.91 Å². The summed E-state index contributed by atoms with van der Waals surface area (Å²) in [5.41, 5.74) is 3.17. The molecule has 0 radical (unpaired) electrons. The predicted octanol–water partition coefficient (Wildman–Crippen LogP) is 4.93. The standard InChI is InChI=1S/C17H24BrNO/c1-5-7-13(6-2)12(4)19-10-14-9-15(18)8-11(3)16(14)17(19)20/h8-9,12-13H,5-7,10H2,1-4H3. The number of carbonyl (C=O) groups is 1. The highest BCUT2D eigenvalue weighted by atomic mass is 79.9. The minimum Gasteiger partial charge on any atom is -0.331 e. The smallest absolute Gasteiger partial charge is 0.255 e. The lowest BCUT2D eigenvalue weighted by Crippen LogP contribution is -2.38. The van der Waals surface area contributed by atoms with Gasteiger partial charge in [-0.1, -0.05) is 42.6 Å². The van der Waals surface area contributed by atoms with Crippen LogP contribution in [0.5, 0.6) is 0 Å². The van der Waals surface area contributed by atoms with E-state index in [4.69, 9.17) is 0 Å². The Hall–Kier alpha value is -0.830. The zero-order chi connectivity index (χ0) is 14.9. The highest BCUT2D eigenvalue weighted by Crippen LogP contribution is 2.33. The second-order valence-electron chi connectivity index (χ2n) is 5.89. The molecule has 1 aliphatic rings. The van der Waals surface area contributed by atoms with Gasteiger partial charge in [0, 0.05) is 22.6 Å². The Morgan fingerprint density at radius 1 is 1.35 bits per heavy atom. The van der Waals surface area contributed by atoms with Crippen molar-refractivity contribution < 1.29 is 4.79 Å². The van der Waals surface area contributed by atoms with Crippen LogP contribution in [0, 0.1) is 12.8 Å². The van der Waals surface area contributed by atoms with Crippen molar-refractivity contribution in [1.82, 2.24) is 4.90 Å². The highest BCUT2D eigenvalue weighted by Gasteiger charge is 2.34. The maximum Gasteiger partial charge on any atom is 0.255 e. The normalized spacial score (nSPS) is 17.2. The van der Waals surface area contributed by atoms with E-state index >= 15 is 0 Å². The van der Waals surface area contributed by atoms with E-state index in [1.807, 2.05) is 13.0 Å². The van der Waals surface area contributed by atoms with Crippen molar-refractivity contribution >= 4 is 21.8 Å². The number of amides is 1. The van der Waals surface area contributed by atoms with Gasteiger partial charge in [0.2, 0.25) is 0 Å². The van der Waals surface area contributed by atoms with E-state index < -0.39 is 0 Å². The van der Waals surface area contributed by atoms with Gasteiger partial charge in [-0.25, -0.2) is 0 Å². The van der Waals surface area contributed by atoms with E-state index in [1.54, 1.807) is 0 Å². The van der Waals surface area contributed by atoms with Crippen molar-refractivity contribution in [1.29, 1.82) is 0 Å². The molecule has 0 aliphatic carbocycles. The zero-order valence-corrected chi connectivity index (χ0v) is 14.5. The number of aryl methyl sites for hydroxylation is 1. The lowest BCUT2D eigenvalue weighted by Gasteiger charge is -2.31. The number of halogens is 1. The summed E-state index contributed by atoms with van der Waals surface area (Å²) in [6.07, 6.45) is 3.51. The average Bonchev–Trinajstić information content (AvgIpc) is 2.72. The zero-order valence-electron chi connectivity index (χ0n) is 12.9. The van der Waals surface area contributed by atoms with Crippen LogP contribution in [-0.4, -0.2) is 16.8 Å². The molecule has 2 unspecified atom stereocenters. The first-order valence-electron chi connectivity index (χ1n) is 7.59. The summed E-state index contributed by atoms with van der Waals surface area (Å²) in [6.45, 7) is 9.44. The molecule has 2 atom stereocenters. The van der Waals surface area contributed by atoms with Crippen LogP contribution >= 0.6 is 15.9 Å². The summed E-state index contributed by atoms with van der Waals surface area (Å²) in [5, 5.41) is 0. The maximum absolute atomic E-state index is 12.7. The summed E-state index contributed by atoms with van der Waals surface area (Å²) in [6, 6.07) is 4.44. The van der Waals surface area contributed by atoms with Crippen LogP contribution < -0.4 is 0 Å². The topological polar surface area (TPSA) is 20.3 Å². The van der Waals surface area contributed by atoms with E-state index in [2.05, 4.69) is 47.7 Å². The number of fused-ring (bicyclic) bond motifs is 1. The Morgan fingerprint density at radius 2 is 2.05 bits per heavy atom. The van der Waals surface area contributed by atoms with Crippen molar-refractivity contribution in [3.63, 3.8) is 0 Å². The molecule has 2 nitrogen and oxygen atoms in total. The number of carbonyl (C=O) groups excluding carboxylic acids is 1. The highest BCUT2D eigenvalue weighted by molar-refractivity contribution is 9.10. The van der Waals surface area contributed by atoms with Crippen molar-refractivity contribution in [2.24, 2.45) is 5.92 Å². The van der Waals surface area contributed by atoms with Crippen molar-refractivity contribution in [3.05, 3.63) is 33.3 Å². The predicted molar refractivity (Wildman–Crippen MR) is 86.9 cm³/mol. The lowest BCUT2D eigenvalue weighted by molar-refractivity contribution is 0.0643. The molecule has 0 aromatic heterocycles. The number of rotatable bonds is 5. The molecular weight excluding hydrogens is 314 g/mol. The molecule has 1 aromatic carbocycles. The number of hydrogen-bond donors (Lipinski definition) is 0. The Kier molecular flexibility index (Phi) is 4.90. The van der Waals surface area contributed by atoms with Crippen LogP contribution in [0.15, 0.2) is 16.6 Å². The van der Waals surface area contributed by atoms with Gasteiger partial charge in [0.1, 0.15) is 0 Å². The largest absolute Gasteiger partial charge is 0.331 e. The molecule has 0 saturated carbocycles. The molecular formula is C17H24BrNO. The minimum absolute atomic E-state index is 0.215. The van der Waals surface area contributed by atoms with Gasteiger partial charge in [-0.2, -0.15) is 0 Å². The summed E-state index contributed by atoms with van der Waals surface area (Å²) in [4.78, 5) is 14.8. The monoisotopic (exact) mass is 337 g/mol. The molecule has 1 aliphatic heterocycles. The average molecular weight is 338 g/mol. The third-order valence-electron chi connectivity index (χ3n) is 4.56. The van der Waals surface area contributed by atoms with Crippen LogP contribution in [0.1, 0.15) is 61.5 Å². The first-order valence-corrected chi connectivity index (χ1v) is 8.38. The van der Waals surface area contributed by atoms with Gasteiger partial charge >= 0.3 is 0 Å². The van der Waals surface area contributed by atoms with Crippen LogP contribution in [0.4, 0.5) is 0 Å². The minimum atomic E-state index is 0.215. The molecule has 0 N–H and O–H groups in total. The maximum atomic E-state index is 12.7. The van der Waals surface area contributed by atoms with Crippen LogP contribution in [0.3, 0.4) is 0 Å². The molecule has 110 valence electrons. The molecule has 3 heteroatoms. The fraction of sp³-hybridized carbons (Fsp3) is 0.588. The van der Waals surface area contributed by atoms with Crippen LogP contribution in [-0.2, 0) is 6.54 Å². The number of hydrogen-bond acceptors (Lipinski definition) is 1. The Morgan fingerprint density at radius 3 is 2.65 bits per heavy atom. The molecule has 1 aromatic rings. The Labute approximate surface area is 130 Å². The summed E-state index contributed by atoms with van der Waals surface area (Å²) in [7, 11) is 0. The summed E-state index contributed by atoms with van der Waals surface area (Å²) < 4.78 is 1.07. The first-order chi connectivity index (χ1) is 9.49. The van der Waals surface area contributed by atoms with E-state index in [-0.39, 0.29) is 5.91 Å². The van der Waals surface area contributed by atoms with Crippen molar-refractivity contribution in [3.8, 4) is 0 Å². The van der Waals surface area contributed by atoms with Gasteiger partial charge in [0.15, 0.2) is 0 Å². The van der Waals surface area contributed by atoms with E-state index in [0.717, 1.165) is 28.6 Å². The fourth-order valence-corrected chi connectivity index (χ4v) is 4.00. The molecule has 1 amide bonds. The van der Waals surface area contributed by atoms with Gasteiger partial charge in [-0.15, -0.1) is 0 Å². The van der Waals surface area contributed by atoms with E-state index in [9.17, 15) is 4.79 Å². The molecule has 1 heterocycles. The Bertz CT molecular complexity index is 512. The summed E-state index contributed by atoms with van der Waals surface area (Å²) >= 11 is 3.53. The van der Waals surface area contributed by atoms with Gasteiger partial charge in [0.05, 0.1) is 0 Å². The quantitative estimate of drug-likeness (QED) is 0.746. The first kappa shape index (κ1) is 15.6. The van der Waals surface area contributed by atoms with E-state index in [1.165, 1.54) is 18.4 Å². The third-order valence-corrected chi connectivity index (χ3v) is 5.01. The Balaban J connectivity index is 2.26. The van der Waals surface area contributed by atoms with Crippen LogP contribution in [0.25, 0.3) is 0 Å². The second-order valence-corrected chi connectivity index (χ2v) is 6.80. The molecule has 20 heavy (non-hydrogen) atoms. The number of nitrogens with zero attached hydrogens (tertiary/aromatic N) is 1. The van der Waals surface area contributed by atoms with Gasteiger partial charge < -0.3 is 4.90 Å². The second kappa shape index (κ2) is 6.30. The van der Waals surface area contributed by atoms with E-state index in [0.29, 0.717) is 12.0 Å². The molecule has 0 fully saturated rings. The SMILES string of the molecule is CCCC(CC)C(C)N1Cc2cc(Br)cc(C)c2C1=O. The van der Waals surface area contributed by atoms with Gasteiger partial charge in [-0.3, -0.25) is 4.79 Å². The molecule has 0 bridgehead atoms. The molecule has 0 saturated heterocycles. The van der Waals surface area contributed by atoms with Crippen LogP contribution in [0.2, 0.25) is 0 Å². The summed E-state index contributed by atoms with van der Waals surface area (Å²) in [5.74, 6) is 0.814. The van der Waals surface area contributed by atoms with Gasteiger partial charge in [-0.05, 0) is 49.4 Å². The number of benzene rings is 1. The molecule has 2 rings (SSSR count). The molecule has 0 spiro atoms.